The maximum absolute atomic E-state index is 12.6. The van der Waals surface area contributed by atoms with E-state index < -0.39 is 17.5 Å². The van der Waals surface area contributed by atoms with Crippen molar-refractivity contribution < 1.29 is 18.7 Å². The number of aryl methyl sites for hydroxylation is 1. The molecule has 0 bridgehead atoms. The monoisotopic (exact) mass is 468 g/mol. The molecule has 0 saturated heterocycles. The minimum Gasteiger partial charge on any atom is -0.444 e. The van der Waals surface area contributed by atoms with E-state index >= 15 is 0 Å². The molecule has 34 heavy (non-hydrogen) atoms. The molecule has 0 aliphatic heterocycles. The van der Waals surface area contributed by atoms with Gasteiger partial charge in [-0.3, -0.25) is 14.3 Å². The third-order valence-electron chi connectivity index (χ3n) is 5.03. The number of fused-ring (bicyclic) bond motifs is 1. The fourth-order valence-corrected chi connectivity index (χ4v) is 3.48. The number of hydrogen-bond donors (Lipinski definition) is 1. The molecule has 3 rings (SSSR count). The van der Waals surface area contributed by atoms with Crippen molar-refractivity contribution in [1.82, 2.24) is 19.8 Å². The zero-order valence-electron chi connectivity index (χ0n) is 20.0. The van der Waals surface area contributed by atoms with Gasteiger partial charge in [-0.2, -0.15) is 0 Å². The molecule has 9 nitrogen and oxygen atoms in total. The molecule has 1 N–H and O–H groups in total. The van der Waals surface area contributed by atoms with Gasteiger partial charge in [-0.25, -0.2) is 9.59 Å². The van der Waals surface area contributed by atoms with Gasteiger partial charge in [-0.1, -0.05) is 18.2 Å². The van der Waals surface area contributed by atoms with Gasteiger partial charge in [0.2, 0.25) is 5.91 Å². The first kappa shape index (κ1) is 25.0. The van der Waals surface area contributed by atoms with Crippen LogP contribution >= 0.6 is 0 Å². The quantitative estimate of drug-likeness (QED) is 0.455. The van der Waals surface area contributed by atoms with Crippen molar-refractivity contribution in [2.45, 2.75) is 58.7 Å². The highest BCUT2D eigenvalue weighted by molar-refractivity contribution is 5.76. The Morgan fingerprint density at radius 1 is 1.15 bits per heavy atom. The van der Waals surface area contributed by atoms with Gasteiger partial charge in [0.25, 0.3) is 0 Å². The summed E-state index contributed by atoms with van der Waals surface area (Å²) in [6.45, 7) is 7.13. The molecule has 0 unspecified atom stereocenters. The van der Waals surface area contributed by atoms with Crippen molar-refractivity contribution in [3.8, 4) is 0 Å². The van der Waals surface area contributed by atoms with Crippen LogP contribution in [-0.4, -0.2) is 45.1 Å². The minimum atomic E-state index is -0.596. The molecule has 0 aliphatic rings. The third-order valence-corrected chi connectivity index (χ3v) is 5.03. The number of carbonyl (C=O) groups is 2. The Kier molecular flexibility index (Phi) is 8.45. The summed E-state index contributed by atoms with van der Waals surface area (Å²) in [6, 6.07) is 10.9. The lowest BCUT2D eigenvalue weighted by molar-refractivity contribution is -0.121. The Bertz CT molecular complexity index is 1150. The second kappa shape index (κ2) is 11.5. The molecule has 9 heteroatoms. The Hall–Kier alpha value is -3.62. The number of nitrogens with one attached hydrogen (secondary N) is 1. The van der Waals surface area contributed by atoms with E-state index in [0.717, 1.165) is 11.1 Å². The van der Waals surface area contributed by atoms with Crippen molar-refractivity contribution in [3.63, 3.8) is 0 Å². The highest BCUT2D eigenvalue weighted by Gasteiger charge is 2.22. The molecule has 182 valence electrons. The maximum Gasteiger partial charge on any atom is 0.419 e. The summed E-state index contributed by atoms with van der Waals surface area (Å²) < 4.78 is 12.3. The van der Waals surface area contributed by atoms with Crippen LogP contribution in [0.3, 0.4) is 0 Å². The standard InChI is InChI=1S/C25H32N4O5/c1-25(2,3)34-23(31)28(18-19-9-6-13-26-17-19)15-8-14-27-22(30)12-7-16-29-20-10-4-5-11-21(20)33-24(29)32/h4-6,9-11,13,17H,7-8,12,14-16,18H2,1-3H3,(H,27,30). The van der Waals surface area contributed by atoms with E-state index in [1.165, 1.54) is 0 Å². The second-order valence-corrected chi connectivity index (χ2v) is 9.06. The van der Waals surface area contributed by atoms with Crippen LogP contribution in [0.1, 0.15) is 45.6 Å². The van der Waals surface area contributed by atoms with Crippen LogP contribution in [0.5, 0.6) is 0 Å². The lowest BCUT2D eigenvalue weighted by Crippen LogP contribution is -2.38. The van der Waals surface area contributed by atoms with Crippen LogP contribution in [0.25, 0.3) is 11.1 Å². The molecule has 0 fully saturated rings. The fourth-order valence-electron chi connectivity index (χ4n) is 3.48. The molecular weight excluding hydrogens is 436 g/mol. The van der Waals surface area contributed by atoms with Crippen molar-refractivity contribution in [2.75, 3.05) is 13.1 Å². The normalized spacial score (nSPS) is 11.4. The van der Waals surface area contributed by atoms with Crippen LogP contribution in [0.2, 0.25) is 0 Å². The highest BCUT2D eigenvalue weighted by atomic mass is 16.6. The number of pyridine rings is 1. The first-order valence-corrected chi connectivity index (χ1v) is 11.4. The van der Waals surface area contributed by atoms with E-state index in [1.54, 1.807) is 27.9 Å². The smallest absolute Gasteiger partial charge is 0.419 e. The van der Waals surface area contributed by atoms with Gasteiger partial charge in [0.05, 0.1) is 12.1 Å². The number of carbonyl (C=O) groups excluding carboxylic acids is 2. The number of ether oxygens (including phenoxy) is 1. The van der Waals surface area contributed by atoms with Crippen LogP contribution in [-0.2, 0) is 22.6 Å². The number of para-hydroxylation sites is 2. The van der Waals surface area contributed by atoms with Crippen molar-refractivity contribution in [2.24, 2.45) is 0 Å². The van der Waals surface area contributed by atoms with Gasteiger partial charge in [-0.05, 0) is 57.4 Å². The van der Waals surface area contributed by atoms with Gasteiger partial charge in [-0.15, -0.1) is 0 Å². The molecule has 0 spiro atoms. The predicted molar refractivity (Wildman–Crippen MR) is 128 cm³/mol. The van der Waals surface area contributed by atoms with Crippen molar-refractivity contribution in [1.29, 1.82) is 0 Å². The zero-order chi connectivity index (χ0) is 24.6. The molecule has 2 heterocycles. The predicted octanol–water partition coefficient (Wildman–Crippen LogP) is 3.71. The van der Waals surface area contributed by atoms with Gasteiger partial charge >= 0.3 is 11.8 Å². The minimum absolute atomic E-state index is 0.100. The van der Waals surface area contributed by atoms with Crippen LogP contribution in [0, 0.1) is 0 Å². The molecule has 0 saturated carbocycles. The summed E-state index contributed by atoms with van der Waals surface area (Å²) in [5, 5.41) is 2.88. The maximum atomic E-state index is 12.6. The topological polar surface area (TPSA) is 107 Å². The van der Waals surface area contributed by atoms with E-state index in [9.17, 15) is 14.4 Å². The molecular formula is C25H32N4O5. The highest BCUT2D eigenvalue weighted by Crippen LogP contribution is 2.14. The first-order chi connectivity index (χ1) is 16.2. The Morgan fingerprint density at radius 3 is 2.68 bits per heavy atom. The summed E-state index contributed by atoms with van der Waals surface area (Å²) in [6.07, 6.45) is 4.38. The van der Waals surface area contributed by atoms with E-state index in [1.807, 2.05) is 51.1 Å². The average Bonchev–Trinajstić information content (AvgIpc) is 3.10. The second-order valence-electron chi connectivity index (χ2n) is 9.06. The van der Waals surface area contributed by atoms with E-state index in [2.05, 4.69) is 10.3 Å². The van der Waals surface area contributed by atoms with Gasteiger partial charge in [0, 0.05) is 38.4 Å². The number of oxazole rings is 1. The van der Waals surface area contributed by atoms with E-state index in [-0.39, 0.29) is 12.3 Å². The van der Waals surface area contributed by atoms with E-state index in [0.29, 0.717) is 44.6 Å². The number of rotatable bonds is 10. The number of aromatic nitrogens is 2. The van der Waals surface area contributed by atoms with Crippen molar-refractivity contribution in [3.05, 3.63) is 64.9 Å². The third kappa shape index (κ3) is 7.47. The van der Waals surface area contributed by atoms with E-state index in [4.69, 9.17) is 9.15 Å². The lowest BCUT2D eigenvalue weighted by atomic mass is 10.2. The average molecular weight is 469 g/mol. The molecule has 2 amide bonds. The first-order valence-electron chi connectivity index (χ1n) is 11.4. The zero-order valence-corrected chi connectivity index (χ0v) is 20.0. The SMILES string of the molecule is CC(C)(C)OC(=O)N(CCCNC(=O)CCCn1c(=O)oc2ccccc21)Cc1cccnc1. The Balaban J connectivity index is 1.43. The van der Waals surface area contributed by atoms with Gasteiger partial charge < -0.3 is 19.4 Å². The lowest BCUT2D eigenvalue weighted by Gasteiger charge is -2.27. The molecule has 0 radical (unpaired) electrons. The van der Waals surface area contributed by atoms with Crippen LogP contribution < -0.4 is 11.1 Å². The number of nitrogens with zero attached hydrogens (tertiary/aromatic N) is 3. The summed E-state index contributed by atoms with van der Waals surface area (Å²) in [7, 11) is 0. The van der Waals surface area contributed by atoms with Gasteiger partial charge in [0.1, 0.15) is 5.60 Å². The van der Waals surface area contributed by atoms with Gasteiger partial charge in [0.15, 0.2) is 5.58 Å². The molecule has 1 aromatic carbocycles. The summed E-state index contributed by atoms with van der Waals surface area (Å²) in [4.78, 5) is 42.6. The molecule has 2 aromatic heterocycles. The van der Waals surface area contributed by atoms with Crippen LogP contribution in [0.4, 0.5) is 4.79 Å². The van der Waals surface area contributed by atoms with Crippen LogP contribution in [0.15, 0.2) is 58.0 Å². The van der Waals surface area contributed by atoms with Crippen molar-refractivity contribution >= 4 is 23.1 Å². The molecule has 0 atom stereocenters. The fraction of sp³-hybridized carbons (Fsp3) is 0.440. The number of hydrogen-bond acceptors (Lipinski definition) is 6. The Labute approximate surface area is 198 Å². The number of amides is 2. The molecule has 0 aliphatic carbocycles. The number of benzene rings is 1. The largest absolute Gasteiger partial charge is 0.444 e. The molecule has 3 aromatic rings. The summed E-state index contributed by atoms with van der Waals surface area (Å²) >= 11 is 0. The Morgan fingerprint density at radius 2 is 1.94 bits per heavy atom. The summed E-state index contributed by atoms with van der Waals surface area (Å²) in [5.74, 6) is -0.519. The summed E-state index contributed by atoms with van der Waals surface area (Å²) in [5.41, 5.74) is 1.57.